The molecule has 1 aliphatic carbocycles. The number of carbonyl (C=O) groups is 2. The molecule has 2 aliphatic rings. The van der Waals surface area contributed by atoms with Gasteiger partial charge in [-0.2, -0.15) is 0 Å². The Morgan fingerprint density at radius 1 is 1.48 bits per heavy atom. The lowest BCUT2D eigenvalue weighted by Crippen LogP contribution is -2.55. The van der Waals surface area contributed by atoms with E-state index in [-0.39, 0.29) is 35.1 Å². The second kappa shape index (κ2) is 6.71. The fourth-order valence-corrected chi connectivity index (χ4v) is 3.47. The van der Waals surface area contributed by atoms with E-state index in [1.165, 1.54) is 0 Å². The smallest absolute Gasteiger partial charge is 0.307 e. The predicted octanol–water partition coefficient (Wildman–Crippen LogP) is 1.68. The van der Waals surface area contributed by atoms with Crippen molar-refractivity contribution < 1.29 is 24.5 Å². The minimum Gasteiger partial charge on any atom is -0.507 e. The molecule has 132 valence electrons. The largest absolute Gasteiger partial charge is 0.507 e. The molecule has 0 aromatic heterocycles. The van der Waals surface area contributed by atoms with Crippen LogP contribution in [0.3, 0.4) is 0 Å². The summed E-state index contributed by atoms with van der Waals surface area (Å²) in [6.45, 7) is 5.35. The molecule has 6 nitrogen and oxygen atoms in total. The highest BCUT2D eigenvalue weighted by atomic mass is 16.5. The maximum atomic E-state index is 11.4. The molecule has 1 aliphatic heterocycles. The Kier molecular flexibility index (Phi) is 4.78. The quantitative estimate of drug-likeness (QED) is 0.579. The molecule has 1 saturated heterocycles. The van der Waals surface area contributed by atoms with E-state index in [1.54, 1.807) is 19.1 Å². The second-order valence-corrected chi connectivity index (χ2v) is 7.19. The van der Waals surface area contributed by atoms with Crippen LogP contribution in [0, 0.1) is 11.8 Å². The molecule has 0 spiro atoms. The second-order valence-electron chi connectivity index (χ2n) is 7.19. The molecule has 4 atom stereocenters. The van der Waals surface area contributed by atoms with Crippen LogP contribution < -0.4 is 4.74 Å². The van der Waals surface area contributed by atoms with E-state index < -0.39 is 11.9 Å². The monoisotopic (exact) mass is 343 g/mol. The van der Waals surface area contributed by atoms with Gasteiger partial charge in [-0.3, -0.25) is 14.5 Å². The van der Waals surface area contributed by atoms with Gasteiger partial charge in [0.2, 0.25) is 0 Å². The number of rotatable bonds is 7. The lowest BCUT2D eigenvalue weighted by molar-refractivity contribution is -0.142. The number of phenols is 1. The van der Waals surface area contributed by atoms with Gasteiger partial charge < -0.3 is 14.9 Å². The number of likely N-dealkylation sites (tertiary alicyclic amines) is 1. The van der Waals surface area contributed by atoms with Crippen LogP contribution in [0.15, 0.2) is 12.1 Å². The number of benzene rings is 1. The zero-order valence-electron chi connectivity index (χ0n) is 14.4. The normalized spacial score (nSPS) is 27.4. The van der Waals surface area contributed by atoms with Crippen LogP contribution in [0.5, 0.6) is 11.5 Å². The topological polar surface area (TPSA) is 87.1 Å². The first-order valence-electron chi connectivity index (χ1n) is 8.52. The molecule has 2 radical (unpaired) electrons. The van der Waals surface area contributed by atoms with Crippen LogP contribution >= 0.6 is 0 Å². The highest BCUT2D eigenvalue weighted by Gasteiger charge is 2.45. The van der Waals surface area contributed by atoms with E-state index in [1.807, 2.05) is 11.8 Å². The van der Waals surface area contributed by atoms with E-state index in [4.69, 9.17) is 17.7 Å². The van der Waals surface area contributed by atoms with Crippen molar-refractivity contribution in [2.45, 2.75) is 31.7 Å². The maximum Gasteiger partial charge on any atom is 0.307 e. The zero-order chi connectivity index (χ0) is 18.3. The molecule has 7 heteroatoms. The highest BCUT2D eigenvalue weighted by molar-refractivity contribution is 6.15. The van der Waals surface area contributed by atoms with Crippen molar-refractivity contribution in [1.82, 2.24) is 4.90 Å². The van der Waals surface area contributed by atoms with Gasteiger partial charge in [0.25, 0.3) is 0 Å². The first-order valence-corrected chi connectivity index (χ1v) is 8.52. The Morgan fingerprint density at radius 3 is 2.64 bits per heavy atom. The highest BCUT2D eigenvalue weighted by Crippen LogP contribution is 2.59. The number of carbonyl (C=O) groups excluding carboxylic acids is 1. The number of nitrogens with zero attached hydrogens (tertiary/aromatic N) is 1. The van der Waals surface area contributed by atoms with E-state index in [9.17, 15) is 14.7 Å². The van der Waals surface area contributed by atoms with Gasteiger partial charge in [0.1, 0.15) is 17.6 Å². The summed E-state index contributed by atoms with van der Waals surface area (Å²) in [6, 6.07) is 3.48. The third-order valence-electron chi connectivity index (χ3n) is 5.30. The summed E-state index contributed by atoms with van der Waals surface area (Å²) in [5.41, 5.74) is 0.848. The molecule has 1 heterocycles. The van der Waals surface area contributed by atoms with Crippen molar-refractivity contribution in [3.05, 3.63) is 23.3 Å². The summed E-state index contributed by atoms with van der Waals surface area (Å²) in [7, 11) is 5.95. The molecule has 2 fully saturated rings. The van der Waals surface area contributed by atoms with Gasteiger partial charge in [0.05, 0.1) is 19.3 Å². The summed E-state index contributed by atoms with van der Waals surface area (Å²) in [5, 5.41) is 19.3. The molecule has 0 amide bonds. The third-order valence-corrected chi connectivity index (χ3v) is 5.30. The number of aromatic hydroxyl groups is 1. The van der Waals surface area contributed by atoms with Gasteiger partial charge in [-0.25, -0.2) is 0 Å². The summed E-state index contributed by atoms with van der Waals surface area (Å²) in [5.74, 6) is -0.575. The van der Waals surface area contributed by atoms with Crippen molar-refractivity contribution in [2.75, 3.05) is 19.6 Å². The van der Waals surface area contributed by atoms with Gasteiger partial charge >= 0.3 is 5.97 Å². The van der Waals surface area contributed by atoms with Gasteiger partial charge in [0.15, 0.2) is 6.29 Å². The van der Waals surface area contributed by atoms with E-state index in [2.05, 4.69) is 0 Å². The molecule has 1 saturated carbocycles. The van der Waals surface area contributed by atoms with Crippen molar-refractivity contribution in [1.29, 1.82) is 0 Å². The van der Waals surface area contributed by atoms with Gasteiger partial charge in [-0.15, -0.1) is 0 Å². The third kappa shape index (κ3) is 3.38. The van der Waals surface area contributed by atoms with Gasteiger partial charge in [-0.1, -0.05) is 25.7 Å². The molecule has 1 aromatic rings. The first-order chi connectivity index (χ1) is 11.8. The van der Waals surface area contributed by atoms with Crippen molar-refractivity contribution in [3.63, 3.8) is 0 Å². The number of hydrogen-bond donors (Lipinski definition) is 2. The van der Waals surface area contributed by atoms with E-state index in [0.717, 1.165) is 0 Å². The molecule has 3 rings (SSSR count). The Balaban J connectivity index is 1.63. The Hall–Kier alpha value is -2.02. The number of phenolic OH excluding ortho intramolecular Hbond substituents is 1. The van der Waals surface area contributed by atoms with Crippen LogP contribution in [0.2, 0.25) is 5.82 Å². The molecule has 25 heavy (non-hydrogen) atoms. The van der Waals surface area contributed by atoms with Crippen molar-refractivity contribution >= 4 is 20.1 Å². The SMILES string of the molecule is [B]C1C(C)C1c1ccc(OC2CN(CC(C)C(=O)O)C2)c(C=O)c1O. The summed E-state index contributed by atoms with van der Waals surface area (Å²) < 4.78 is 5.82. The van der Waals surface area contributed by atoms with Crippen LogP contribution in [-0.4, -0.2) is 61.0 Å². The maximum absolute atomic E-state index is 11.4. The van der Waals surface area contributed by atoms with Crippen LogP contribution in [0.1, 0.15) is 35.7 Å². The number of carboxylic acid groups (broad SMARTS) is 1. The Bertz CT molecular complexity index is 680. The fraction of sp³-hybridized carbons (Fsp3) is 0.556. The molecule has 0 bridgehead atoms. The molecule has 4 unspecified atom stereocenters. The summed E-state index contributed by atoms with van der Waals surface area (Å²) in [6.07, 6.45) is 0.488. The number of aliphatic carboxylic acids is 1. The fourth-order valence-electron chi connectivity index (χ4n) is 3.47. The van der Waals surface area contributed by atoms with Crippen LogP contribution in [-0.2, 0) is 4.79 Å². The number of aldehydes is 1. The van der Waals surface area contributed by atoms with Crippen LogP contribution in [0.4, 0.5) is 0 Å². The van der Waals surface area contributed by atoms with Gasteiger partial charge in [-0.05, 0) is 23.5 Å². The van der Waals surface area contributed by atoms with Gasteiger partial charge in [0, 0.05) is 19.6 Å². The summed E-state index contributed by atoms with van der Waals surface area (Å²) >= 11 is 0. The lowest BCUT2D eigenvalue weighted by atomic mass is 9.95. The van der Waals surface area contributed by atoms with Crippen LogP contribution in [0.25, 0.3) is 0 Å². The average molecular weight is 343 g/mol. The van der Waals surface area contributed by atoms with Crippen molar-refractivity contribution in [3.8, 4) is 11.5 Å². The van der Waals surface area contributed by atoms with Crippen molar-refractivity contribution in [2.24, 2.45) is 11.8 Å². The Labute approximate surface area is 148 Å². The Morgan fingerprint density at radius 2 is 2.12 bits per heavy atom. The summed E-state index contributed by atoms with van der Waals surface area (Å²) in [4.78, 5) is 24.3. The molecular formula is C18H22BNO5. The molecule has 1 aromatic carbocycles. The number of carboxylic acids is 1. The minimum absolute atomic E-state index is 0.00795. The lowest BCUT2D eigenvalue weighted by Gasteiger charge is -2.40. The average Bonchev–Trinajstić information content (AvgIpc) is 3.11. The first kappa shape index (κ1) is 17.8. The predicted molar refractivity (Wildman–Crippen MR) is 92.6 cm³/mol. The molecular weight excluding hydrogens is 321 g/mol. The number of ether oxygens (including phenoxy) is 1. The molecule has 2 N–H and O–H groups in total. The zero-order valence-corrected chi connectivity index (χ0v) is 14.4. The standard InChI is InChI=1S/C18H22BNO5/c1-9(18(23)24)5-20-6-11(7-20)25-14-4-3-12(15-10(2)16(15)19)17(22)13(14)8-21/h3-4,8-11,15-16,22H,5-7H2,1-2H3,(H,23,24). The number of hydrogen-bond acceptors (Lipinski definition) is 5. The van der Waals surface area contributed by atoms with E-state index >= 15 is 0 Å². The van der Waals surface area contributed by atoms with E-state index in [0.29, 0.717) is 37.2 Å². The minimum atomic E-state index is -0.819.